The number of hydrogen-bond acceptors (Lipinski definition) is 4. The van der Waals surface area contributed by atoms with Crippen LogP contribution in [0.1, 0.15) is 71.2 Å². The Morgan fingerprint density at radius 2 is 1.58 bits per heavy atom. The molecule has 24 heavy (non-hydrogen) atoms. The average molecular weight is 339 g/mol. The van der Waals surface area contributed by atoms with Gasteiger partial charge in [-0.15, -0.1) is 0 Å². The van der Waals surface area contributed by atoms with E-state index >= 15 is 0 Å². The topological polar surface area (TPSA) is 72.5 Å². The lowest BCUT2D eigenvalue weighted by molar-refractivity contribution is -0.149. The van der Waals surface area contributed by atoms with Gasteiger partial charge in [-0.1, -0.05) is 41.5 Å². The zero-order valence-corrected chi connectivity index (χ0v) is 15.7. The van der Waals surface area contributed by atoms with Gasteiger partial charge in [0.15, 0.2) is 0 Å². The zero-order valence-electron chi connectivity index (χ0n) is 15.7. The molecule has 3 N–H and O–H groups in total. The Bertz CT molecular complexity index is 565. The monoisotopic (exact) mass is 339 g/mol. The fourth-order valence-corrected chi connectivity index (χ4v) is 2.53. The molecule has 0 aromatic heterocycles. The molecular weight excluding hydrogens is 309 g/mol. The maximum atomic E-state index is 14.4. The molecule has 1 aromatic rings. The molecular formula is C19H30FNO3. The predicted octanol–water partition coefficient (Wildman–Crippen LogP) is 3.89. The quantitative estimate of drug-likeness (QED) is 0.816. The van der Waals surface area contributed by atoms with Crippen LogP contribution in [0.25, 0.3) is 0 Å². The molecule has 1 unspecified atom stereocenters. The molecule has 0 amide bonds. The highest BCUT2D eigenvalue weighted by molar-refractivity contribution is 5.76. The Balaban J connectivity index is 3.46. The van der Waals surface area contributed by atoms with E-state index in [1.807, 2.05) is 41.5 Å². The second kappa shape index (κ2) is 7.09. The summed E-state index contributed by atoms with van der Waals surface area (Å²) < 4.78 is 19.1. The highest BCUT2D eigenvalue weighted by Gasteiger charge is 2.32. The molecule has 2 atom stereocenters. The van der Waals surface area contributed by atoms with E-state index in [1.54, 1.807) is 19.1 Å². The van der Waals surface area contributed by atoms with Crippen molar-refractivity contribution < 1.29 is 19.0 Å². The second-order valence-corrected chi connectivity index (χ2v) is 8.14. The van der Waals surface area contributed by atoms with Crippen LogP contribution in [0.3, 0.4) is 0 Å². The van der Waals surface area contributed by atoms with E-state index in [0.717, 1.165) is 0 Å². The number of halogens is 1. The molecule has 0 bridgehead atoms. The molecule has 0 heterocycles. The Morgan fingerprint density at radius 1 is 1.17 bits per heavy atom. The summed E-state index contributed by atoms with van der Waals surface area (Å²) >= 11 is 0. The molecule has 0 aliphatic heterocycles. The number of aromatic hydroxyl groups is 1. The minimum absolute atomic E-state index is 0.0992. The third-order valence-corrected chi connectivity index (χ3v) is 3.96. The largest absolute Gasteiger partial charge is 0.507 e. The first-order chi connectivity index (χ1) is 10.8. The lowest BCUT2D eigenvalue weighted by Crippen LogP contribution is -2.32. The highest BCUT2D eigenvalue weighted by Crippen LogP contribution is 2.41. The van der Waals surface area contributed by atoms with Crippen molar-refractivity contribution in [1.82, 2.24) is 0 Å². The summed E-state index contributed by atoms with van der Waals surface area (Å²) in [7, 11) is 0. The van der Waals surface area contributed by atoms with Gasteiger partial charge in [0.25, 0.3) is 0 Å². The van der Waals surface area contributed by atoms with E-state index in [1.165, 1.54) is 0 Å². The molecule has 0 saturated carbocycles. The molecule has 0 aliphatic rings. The van der Waals surface area contributed by atoms with E-state index in [4.69, 9.17) is 10.5 Å². The number of phenolic OH excluding ortho intramolecular Hbond substituents is 1. The summed E-state index contributed by atoms with van der Waals surface area (Å²) in [6, 6.07) is 2.22. The van der Waals surface area contributed by atoms with Crippen molar-refractivity contribution in [2.24, 2.45) is 5.73 Å². The first-order valence-corrected chi connectivity index (χ1v) is 8.24. The van der Waals surface area contributed by atoms with Crippen LogP contribution in [0.15, 0.2) is 12.1 Å². The second-order valence-electron chi connectivity index (χ2n) is 8.14. The number of rotatable bonds is 4. The highest BCUT2D eigenvalue weighted by atomic mass is 19.1. The maximum Gasteiger partial charge on any atom is 0.342 e. The van der Waals surface area contributed by atoms with Crippen molar-refractivity contribution in [3.63, 3.8) is 0 Å². The Hall–Kier alpha value is -1.62. The first kappa shape index (κ1) is 20.4. The van der Waals surface area contributed by atoms with Gasteiger partial charge in [0.05, 0.1) is 12.6 Å². The lowest BCUT2D eigenvalue weighted by Gasteiger charge is -2.29. The standard InChI is InChI=1S/C19H30FNO3/c1-8-24-17(23)14(20)15(21)11-9-12(18(2,3)4)16(22)13(10-11)19(5,6)7/h9-10,14-15,22H,8,21H2,1-7H3/t14?,15-/m1/s1. The smallest absolute Gasteiger partial charge is 0.342 e. The van der Waals surface area contributed by atoms with E-state index in [-0.39, 0.29) is 23.2 Å². The van der Waals surface area contributed by atoms with E-state index in [2.05, 4.69) is 0 Å². The van der Waals surface area contributed by atoms with Crippen LogP contribution >= 0.6 is 0 Å². The summed E-state index contributed by atoms with van der Waals surface area (Å²) in [4.78, 5) is 11.7. The Morgan fingerprint density at radius 3 is 1.92 bits per heavy atom. The van der Waals surface area contributed by atoms with Crippen LogP contribution in [0, 0.1) is 0 Å². The van der Waals surface area contributed by atoms with Crippen molar-refractivity contribution in [3.05, 3.63) is 28.8 Å². The molecule has 1 rings (SSSR count). The number of ether oxygens (including phenoxy) is 1. The number of benzene rings is 1. The molecule has 0 radical (unpaired) electrons. The third-order valence-electron chi connectivity index (χ3n) is 3.96. The van der Waals surface area contributed by atoms with Gasteiger partial charge in [0, 0.05) is 0 Å². The summed E-state index contributed by atoms with van der Waals surface area (Å²) in [5.41, 5.74) is 7.11. The zero-order chi connectivity index (χ0) is 18.9. The van der Waals surface area contributed by atoms with Crippen molar-refractivity contribution in [2.75, 3.05) is 6.61 Å². The molecule has 136 valence electrons. The van der Waals surface area contributed by atoms with Crippen molar-refractivity contribution in [2.45, 2.75) is 71.5 Å². The number of alkyl halides is 1. The van der Waals surface area contributed by atoms with Gasteiger partial charge in [-0.3, -0.25) is 0 Å². The molecule has 1 aromatic carbocycles. The van der Waals surface area contributed by atoms with Gasteiger partial charge in [0.2, 0.25) is 6.17 Å². The van der Waals surface area contributed by atoms with Gasteiger partial charge in [-0.25, -0.2) is 9.18 Å². The molecule has 4 nitrogen and oxygen atoms in total. The van der Waals surface area contributed by atoms with Crippen LogP contribution < -0.4 is 5.73 Å². The van der Waals surface area contributed by atoms with Gasteiger partial charge in [-0.05, 0) is 46.6 Å². The Labute approximate surface area is 144 Å². The van der Waals surface area contributed by atoms with Crippen LogP contribution in [-0.4, -0.2) is 23.9 Å². The van der Waals surface area contributed by atoms with Crippen LogP contribution in [0.4, 0.5) is 4.39 Å². The molecule has 0 fully saturated rings. The first-order valence-electron chi connectivity index (χ1n) is 8.24. The summed E-state index contributed by atoms with van der Waals surface area (Å²) in [6.45, 7) is 13.5. The number of phenols is 1. The van der Waals surface area contributed by atoms with E-state index in [9.17, 15) is 14.3 Å². The SMILES string of the molecule is CCOC(=O)C(F)[C@H](N)c1cc(C(C)(C)C)c(O)c(C(C)(C)C)c1. The number of carbonyl (C=O) groups excluding carboxylic acids is 1. The van der Waals surface area contributed by atoms with Gasteiger partial charge < -0.3 is 15.6 Å². The van der Waals surface area contributed by atoms with Crippen LogP contribution in [-0.2, 0) is 20.4 Å². The normalized spacial score (nSPS) is 15.0. The van der Waals surface area contributed by atoms with Crippen molar-refractivity contribution in [3.8, 4) is 5.75 Å². The molecule has 0 saturated heterocycles. The number of esters is 1. The number of nitrogens with two attached hydrogens (primary N) is 1. The van der Waals surface area contributed by atoms with E-state index in [0.29, 0.717) is 16.7 Å². The van der Waals surface area contributed by atoms with Crippen molar-refractivity contribution in [1.29, 1.82) is 0 Å². The fourth-order valence-electron chi connectivity index (χ4n) is 2.53. The third kappa shape index (κ3) is 4.47. The van der Waals surface area contributed by atoms with Gasteiger partial charge in [0.1, 0.15) is 5.75 Å². The van der Waals surface area contributed by atoms with Gasteiger partial charge in [-0.2, -0.15) is 0 Å². The summed E-state index contributed by atoms with van der Waals surface area (Å²) in [5, 5.41) is 10.7. The lowest BCUT2D eigenvalue weighted by atomic mass is 9.77. The van der Waals surface area contributed by atoms with Crippen molar-refractivity contribution >= 4 is 5.97 Å². The summed E-state index contributed by atoms with van der Waals surface area (Å²) in [6.07, 6.45) is -1.95. The van der Waals surface area contributed by atoms with Crippen LogP contribution in [0.2, 0.25) is 0 Å². The van der Waals surface area contributed by atoms with Crippen LogP contribution in [0.5, 0.6) is 5.75 Å². The molecule has 0 aliphatic carbocycles. The Kier molecular flexibility index (Phi) is 6.04. The maximum absolute atomic E-state index is 14.4. The minimum Gasteiger partial charge on any atom is -0.507 e. The average Bonchev–Trinajstić information content (AvgIpc) is 2.43. The molecule has 0 spiro atoms. The van der Waals surface area contributed by atoms with E-state index < -0.39 is 18.2 Å². The number of carbonyl (C=O) groups is 1. The predicted molar refractivity (Wildman–Crippen MR) is 94.0 cm³/mol. The van der Waals surface area contributed by atoms with Gasteiger partial charge >= 0.3 is 5.97 Å². The number of hydrogen-bond donors (Lipinski definition) is 2. The fraction of sp³-hybridized carbons (Fsp3) is 0.632. The molecule has 5 heteroatoms. The minimum atomic E-state index is -1.95. The summed E-state index contributed by atoms with van der Waals surface area (Å²) in [5.74, 6) is -0.773.